The number of hydrogen-bond acceptors (Lipinski definition) is 5. The number of sulfonamides is 1. The normalized spacial score (nSPS) is 17.9. The summed E-state index contributed by atoms with van der Waals surface area (Å²) in [5.41, 5.74) is 0. The minimum Gasteiger partial charge on any atom is -0.356 e. The van der Waals surface area contributed by atoms with Crippen molar-refractivity contribution in [1.29, 1.82) is 0 Å². The molecule has 1 N–H and O–H groups in total. The fourth-order valence-electron chi connectivity index (χ4n) is 3.11. The van der Waals surface area contributed by atoms with Gasteiger partial charge in [0.1, 0.15) is 4.21 Å². The number of rotatable bonds is 7. The molecule has 1 aliphatic rings. The average molecular weight is 397 g/mol. The molecule has 9 heteroatoms. The van der Waals surface area contributed by atoms with E-state index in [2.05, 4.69) is 17.3 Å². The van der Waals surface area contributed by atoms with Crippen molar-refractivity contribution in [3.8, 4) is 0 Å². The Bertz CT molecular complexity index is 795. The smallest absolute Gasteiger partial charge is 0.252 e. The molecular formula is C17H24N4O3S2. The Labute approximate surface area is 158 Å². The van der Waals surface area contributed by atoms with E-state index in [4.69, 9.17) is 0 Å². The molecule has 0 aromatic carbocycles. The van der Waals surface area contributed by atoms with E-state index in [-0.39, 0.29) is 17.7 Å². The molecule has 1 atom stereocenters. The summed E-state index contributed by atoms with van der Waals surface area (Å²) < 4.78 is 28.7. The third-order valence-electron chi connectivity index (χ3n) is 4.60. The SMILES string of the molecule is CC(CNC(=O)C1CCN(S(=O)(=O)c2cccs2)CC1)Cn1cccn1. The molecule has 142 valence electrons. The number of thiophene rings is 1. The summed E-state index contributed by atoms with van der Waals surface area (Å²) >= 11 is 1.23. The van der Waals surface area contributed by atoms with Crippen LogP contribution in [0.2, 0.25) is 0 Å². The Morgan fingerprint density at radius 3 is 2.77 bits per heavy atom. The van der Waals surface area contributed by atoms with E-state index in [0.29, 0.717) is 36.7 Å². The standard InChI is InChI=1S/C17H24N4O3S2/c1-14(13-20-8-3-7-19-20)12-18-17(22)15-5-9-21(10-6-15)26(23,24)16-4-2-11-25-16/h2-4,7-8,11,14-15H,5-6,9-10,12-13H2,1H3,(H,18,22). The Hall–Kier alpha value is -1.71. The van der Waals surface area contributed by atoms with Gasteiger partial charge in [0.2, 0.25) is 5.91 Å². The molecule has 0 spiro atoms. The molecule has 1 saturated heterocycles. The van der Waals surface area contributed by atoms with Gasteiger partial charge in [-0.25, -0.2) is 8.42 Å². The van der Waals surface area contributed by atoms with E-state index >= 15 is 0 Å². The second kappa shape index (κ2) is 8.32. The molecule has 0 saturated carbocycles. The summed E-state index contributed by atoms with van der Waals surface area (Å²) in [6.45, 7) is 4.19. The van der Waals surface area contributed by atoms with Crippen LogP contribution in [0.4, 0.5) is 0 Å². The minimum absolute atomic E-state index is 0.0190. The van der Waals surface area contributed by atoms with Gasteiger partial charge >= 0.3 is 0 Å². The molecule has 26 heavy (non-hydrogen) atoms. The van der Waals surface area contributed by atoms with Crippen molar-refractivity contribution < 1.29 is 13.2 Å². The van der Waals surface area contributed by atoms with E-state index < -0.39 is 10.0 Å². The number of carbonyl (C=O) groups excluding carboxylic acids is 1. The lowest BCUT2D eigenvalue weighted by Gasteiger charge is -2.30. The van der Waals surface area contributed by atoms with Crippen LogP contribution in [0.1, 0.15) is 19.8 Å². The molecule has 1 aliphatic heterocycles. The number of aromatic nitrogens is 2. The van der Waals surface area contributed by atoms with Gasteiger partial charge < -0.3 is 5.32 Å². The third kappa shape index (κ3) is 4.52. The van der Waals surface area contributed by atoms with Gasteiger partial charge in [-0.05, 0) is 36.3 Å². The molecule has 1 unspecified atom stereocenters. The van der Waals surface area contributed by atoms with Crippen LogP contribution in [0.15, 0.2) is 40.2 Å². The van der Waals surface area contributed by atoms with E-state index in [0.717, 1.165) is 6.54 Å². The zero-order valence-electron chi connectivity index (χ0n) is 14.7. The summed E-state index contributed by atoms with van der Waals surface area (Å²) in [5, 5.41) is 8.93. The second-order valence-corrected chi connectivity index (χ2v) is 9.80. The first-order chi connectivity index (χ1) is 12.5. The van der Waals surface area contributed by atoms with E-state index in [1.807, 2.05) is 16.9 Å². The molecule has 1 amide bonds. The van der Waals surface area contributed by atoms with E-state index in [1.165, 1.54) is 15.6 Å². The third-order valence-corrected chi connectivity index (χ3v) is 7.87. The van der Waals surface area contributed by atoms with E-state index in [9.17, 15) is 13.2 Å². The lowest BCUT2D eigenvalue weighted by Crippen LogP contribution is -2.43. The largest absolute Gasteiger partial charge is 0.356 e. The van der Waals surface area contributed by atoms with Gasteiger partial charge in [-0.1, -0.05) is 13.0 Å². The summed E-state index contributed by atoms with van der Waals surface area (Å²) in [7, 11) is -3.41. The first-order valence-electron chi connectivity index (χ1n) is 8.75. The highest BCUT2D eigenvalue weighted by Crippen LogP contribution is 2.26. The Balaban J connectivity index is 1.45. The summed E-state index contributed by atoms with van der Waals surface area (Å²) in [5.74, 6) is 0.172. The van der Waals surface area contributed by atoms with Crippen LogP contribution in [-0.2, 0) is 21.4 Å². The molecule has 3 rings (SSSR count). The van der Waals surface area contributed by atoms with Crippen molar-refractivity contribution in [2.75, 3.05) is 19.6 Å². The quantitative estimate of drug-likeness (QED) is 0.773. The first kappa shape index (κ1) is 19.1. The minimum atomic E-state index is -3.41. The highest BCUT2D eigenvalue weighted by molar-refractivity contribution is 7.91. The molecule has 0 aliphatic carbocycles. The lowest BCUT2D eigenvalue weighted by molar-refractivity contribution is -0.126. The molecule has 1 fully saturated rings. The number of piperidine rings is 1. The number of carbonyl (C=O) groups is 1. The Morgan fingerprint density at radius 2 is 2.15 bits per heavy atom. The van der Waals surface area contributed by atoms with Crippen LogP contribution in [0, 0.1) is 11.8 Å². The van der Waals surface area contributed by atoms with Gasteiger partial charge in [0.05, 0.1) is 0 Å². The number of amides is 1. The van der Waals surface area contributed by atoms with Crippen LogP contribution < -0.4 is 5.32 Å². The predicted molar refractivity (Wildman–Crippen MR) is 100 cm³/mol. The Kier molecular flexibility index (Phi) is 6.10. The zero-order chi connectivity index (χ0) is 18.6. The molecule has 0 radical (unpaired) electrons. The van der Waals surface area contributed by atoms with E-state index in [1.54, 1.807) is 23.7 Å². The van der Waals surface area contributed by atoms with Crippen LogP contribution in [0.25, 0.3) is 0 Å². The van der Waals surface area contributed by atoms with Gasteiger partial charge in [-0.3, -0.25) is 9.48 Å². The maximum absolute atomic E-state index is 12.5. The van der Waals surface area contributed by atoms with Gasteiger partial charge in [0.15, 0.2) is 0 Å². The molecule has 3 heterocycles. The summed E-state index contributed by atoms with van der Waals surface area (Å²) in [4.78, 5) is 12.4. The number of nitrogens with zero attached hydrogens (tertiary/aromatic N) is 3. The molecular weight excluding hydrogens is 372 g/mol. The van der Waals surface area contributed by atoms with Crippen LogP contribution >= 0.6 is 11.3 Å². The fourth-order valence-corrected chi connectivity index (χ4v) is 5.72. The van der Waals surface area contributed by atoms with Gasteiger partial charge in [0.25, 0.3) is 10.0 Å². The number of nitrogens with one attached hydrogen (secondary N) is 1. The first-order valence-corrected chi connectivity index (χ1v) is 11.1. The van der Waals surface area contributed by atoms with Gasteiger partial charge in [0, 0.05) is 44.5 Å². The second-order valence-electron chi connectivity index (χ2n) is 6.69. The van der Waals surface area contributed by atoms with Gasteiger partial charge in [-0.15, -0.1) is 11.3 Å². The predicted octanol–water partition coefficient (Wildman–Crippen LogP) is 1.80. The van der Waals surface area contributed by atoms with Crippen molar-refractivity contribution >= 4 is 27.3 Å². The van der Waals surface area contributed by atoms with Crippen molar-refractivity contribution in [3.63, 3.8) is 0 Å². The molecule has 7 nitrogen and oxygen atoms in total. The molecule has 2 aromatic rings. The monoisotopic (exact) mass is 396 g/mol. The van der Waals surface area contributed by atoms with Crippen molar-refractivity contribution in [1.82, 2.24) is 19.4 Å². The molecule has 2 aromatic heterocycles. The highest BCUT2D eigenvalue weighted by Gasteiger charge is 2.32. The maximum Gasteiger partial charge on any atom is 0.252 e. The van der Waals surface area contributed by atoms with Crippen molar-refractivity contribution in [2.45, 2.75) is 30.5 Å². The van der Waals surface area contributed by atoms with Crippen molar-refractivity contribution in [2.24, 2.45) is 11.8 Å². The molecule has 0 bridgehead atoms. The average Bonchev–Trinajstić information content (AvgIpc) is 3.34. The lowest BCUT2D eigenvalue weighted by atomic mass is 9.97. The highest BCUT2D eigenvalue weighted by atomic mass is 32.2. The topological polar surface area (TPSA) is 84.3 Å². The van der Waals surface area contributed by atoms with Crippen LogP contribution in [0.3, 0.4) is 0 Å². The van der Waals surface area contributed by atoms with Gasteiger partial charge in [-0.2, -0.15) is 9.40 Å². The fraction of sp³-hybridized carbons (Fsp3) is 0.529. The van der Waals surface area contributed by atoms with Crippen LogP contribution in [-0.4, -0.2) is 48.0 Å². The van der Waals surface area contributed by atoms with Crippen LogP contribution in [0.5, 0.6) is 0 Å². The summed E-state index contributed by atoms with van der Waals surface area (Å²) in [6, 6.07) is 5.24. The zero-order valence-corrected chi connectivity index (χ0v) is 16.4. The summed E-state index contributed by atoms with van der Waals surface area (Å²) in [6.07, 6.45) is 4.76. The van der Waals surface area contributed by atoms with Crippen molar-refractivity contribution in [3.05, 3.63) is 36.0 Å². The Morgan fingerprint density at radius 1 is 1.38 bits per heavy atom. The maximum atomic E-state index is 12.5. The number of hydrogen-bond donors (Lipinski definition) is 1.